The smallest absolute Gasteiger partial charge is 0.169 e. The van der Waals surface area contributed by atoms with Gasteiger partial charge in [-0.1, -0.05) is 0 Å². The second-order valence-corrected chi connectivity index (χ2v) is 4.44. The molecule has 0 radical (unpaired) electrons. The van der Waals surface area contributed by atoms with Crippen molar-refractivity contribution >= 4 is 11.3 Å². The summed E-state index contributed by atoms with van der Waals surface area (Å²) in [5.41, 5.74) is 8.45. The van der Waals surface area contributed by atoms with Crippen molar-refractivity contribution in [1.82, 2.24) is 19.6 Å². The van der Waals surface area contributed by atoms with Crippen LogP contribution in [0, 0.1) is 13.8 Å². The predicted molar refractivity (Wildman–Crippen MR) is 71.8 cm³/mol. The number of nitrogen functional groups attached to an aromatic ring is 1. The maximum atomic E-state index is 9.47. The van der Waals surface area contributed by atoms with Crippen LogP contribution in [0.2, 0.25) is 0 Å². The molecule has 3 aromatic rings. The number of aromatic nitrogens is 4. The minimum absolute atomic E-state index is 0.0586. The van der Waals surface area contributed by atoms with Gasteiger partial charge >= 0.3 is 0 Å². The Morgan fingerprint density at radius 1 is 1.16 bits per heavy atom. The van der Waals surface area contributed by atoms with Crippen molar-refractivity contribution in [3.05, 3.63) is 35.8 Å². The molecule has 6 heteroatoms. The molecule has 2 aromatic heterocycles. The zero-order valence-electron chi connectivity index (χ0n) is 10.6. The molecule has 6 nitrogen and oxygen atoms in total. The van der Waals surface area contributed by atoms with Crippen LogP contribution in [-0.2, 0) is 0 Å². The molecule has 0 spiro atoms. The van der Waals surface area contributed by atoms with Crippen molar-refractivity contribution in [2.45, 2.75) is 13.8 Å². The fourth-order valence-corrected chi connectivity index (χ4v) is 2.11. The molecular weight excluding hydrogens is 242 g/mol. The Labute approximate surface area is 109 Å². The molecule has 2 heterocycles. The van der Waals surface area contributed by atoms with Gasteiger partial charge in [0.25, 0.3) is 0 Å². The van der Waals surface area contributed by atoms with Crippen LogP contribution in [0.15, 0.2) is 24.3 Å². The fourth-order valence-electron chi connectivity index (χ4n) is 2.11. The Hall–Kier alpha value is -2.63. The molecule has 0 saturated heterocycles. The van der Waals surface area contributed by atoms with Gasteiger partial charge in [-0.05, 0) is 32.0 Å². The topological polar surface area (TPSA) is 89.3 Å². The Balaban J connectivity index is 2.28. The highest BCUT2D eigenvalue weighted by Crippen LogP contribution is 2.27. The number of hydrogen-bond acceptors (Lipinski definition) is 5. The molecular formula is C13H13N5O. The van der Waals surface area contributed by atoms with Crippen LogP contribution in [0.4, 0.5) is 5.69 Å². The standard InChI is InChI=1S/C13H13N5O/c1-7-5-12-16-17-13(18(12)8(2)15-7)9-3-4-11(19)10(14)6-9/h3-6,19H,14H2,1-2H3. The van der Waals surface area contributed by atoms with E-state index in [9.17, 15) is 5.11 Å². The second kappa shape index (κ2) is 3.94. The minimum atomic E-state index is 0.0586. The molecule has 19 heavy (non-hydrogen) atoms. The van der Waals surface area contributed by atoms with E-state index in [0.717, 1.165) is 22.7 Å². The summed E-state index contributed by atoms with van der Waals surface area (Å²) in [4.78, 5) is 4.40. The molecule has 0 fully saturated rings. The van der Waals surface area contributed by atoms with E-state index < -0.39 is 0 Å². The molecule has 3 N–H and O–H groups in total. The SMILES string of the molecule is Cc1cc2nnc(-c3ccc(O)c(N)c3)n2c(C)n1. The number of phenols is 1. The first-order valence-electron chi connectivity index (χ1n) is 5.84. The van der Waals surface area contributed by atoms with Crippen LogP contribution >= 0.6 is 0 Å². The van der Waals surface area contributed by atoms with E-state index in [1.54, 1.807) is 18.2 Å². The average molecular weight is 255 g/mol. The lowest BCUT2D eigenvalue weighted by Crippen LogP contribution is -1.99. The van der Waals surface area contributed by atoms with E-state index >= 15 is 0 Å². The maximum absolute atomic E-state index is 9.47. The third kappa shape index (κ3) is 1.77. The molecule has 0 aliphatic heterocycles. The lowest BCUT2D eigenvalue weighted by Gasteiger charge is -2.05. The summed E-state index contributed by atoms with van der Waals surface area (Å²) < 4.78 is 1.86. The van der Waals surface area contributed by atoms with Gasteiger partial charge in [-0.25, -0.2) is 4.98 Å². The highest BCUT2D eigenvalue weighted by molar-refractivity contribution is 5.67. The van der Waals surface area contributed by atoms with Gasteiger partial charge in [0, 0.05) is 17.3 Å². The number of nitrogens with two attached hydrogens (primary N) is 1. The van der Waals surface area contributed by atoms with E-state index in [1.807, 2.05) is 24.3 Å². The van der Waals surface area contributed by atoms with Crippen molar-refractivity contribution in [3.63, 3.8) is 0 Å². The monoisotopic (exact) mass is 255 g/mol. The van der Waals surface area contributed by atoms with Crippen LogP contribution in [-0.4, -0.2) is 24.7 Å². The molecule has 0 atom stereocenters. The number of nitrogens with zero attached hydrogens (tertiary/aromatic N) is 4. The molecule has 0 unspecified atom stereocenters. The van der Waals surface area contributed by atoms with Gasteiger partial charge in [-0.3, -0.25) is 4.40 Å². The molecule has 0 aliphatic rings. The van der Waals surface area contributed by atoms with Crippen molar-refractivity contribution in [1.29, 1.82) is 0 Å². The number of benzene rings is 1. The number of phenolic OH excluding ortho intramolecular Hbond substituents is 1. The summed E-state index contributed by atoms with van der Waals surface area (Å²) in [5.74, 6) is 1.52. The van der Waals surface area contributed by atoms with E-state index in [2.05, 4.69) is 15.2 Å². The highest BCUT2D eigenvalue weighted by atomic mass is 16.3. The number of aryl methyl sites for hydroxylation is 2. The first-order valence-corrected chi connectivity index (χ1v) is 5.84. The molecule has 0 aliphatic carbocycles. The number of rotatable bonds is 1. The van der Waals surface area contributed by atoms with E-state index in [1.165, 1.54) is 0 Å². The number of aromatic hydroxyl groups is 1. The minimum Gasteiger partial charge on any atom is -0.506 e. The third-order valence-corrected chi connectivity index (χ3v) is 2.97. The Bertz CT molecular complexity index is 778. The number of anilines is 1. The van der Waals surface area contributed by atoms with Gasteiger partial charge in [-0.2, -0.15) is 0 Å². The van der Waals surface area contributed by atoms with Gasteiger partial charge < -0.3 is 10.8 Å². The summed E-state index contributed by atoms with van der Waals surface area (Å²) in [7, 11) is 0. The van der Waals surface area contributed by atoms with Crippen molar-refractivity contribution < 1.29 is 5.11 Å². The largest absolute Gasteiger partial charge is 0.506 e. The van der Waals surface area contributed by atoms with Gasteiger partial charge in [-0.15, -0.1) is 10.2 Å². The summed E-state index contributed by atoms with van der Waals surface area (Å²) in [5, 5.41) is 17.8. The Kier molecular flexibility index (Phi) is 2.38. The van der Waals surface area contributed by atoms with Crippen LogP contribution in [0.5, 0.6) is 5.75 Å². The van der Waals surface area contributed by atoms with Gasteiger partial charge in [0.15, 0.2) is 11.5 Å². The van der Waals surface area contributed by atoms with Gasteiger partial charge in [0.05, 0.1) is 5.69 Å². The van der Waals surface area contributed by atoms with E-state index in [0.29, 0.717) is 11.5 Å². The van der Waals surface area contributed by atoms with Crippen molar-refractivity contribution in [2.75, 3.05) is 5.73 Å². The number of fused-ring (bicyclic) bond motifs is 1. The highest BCUT2D eigenvalue weighted by Gasteiger charge is 2.12. The van der Waals surface area contributed by atoms with Crippen molar-refractivity contribution in [3.8, 4) is 17.1 Å². The summed E-state index contributed by atoms with van der Waals surface area (Å²) in [6, 6.07) is 6.84. The average Bonchev–Trinajstić information content (AvgIpc) is 2.76. The quantitative estimate of drug-likeness (QED) is 0.510. The zero-order valence-corrected chi connectivity index (χ0v) is 10.6. The molecule has 96 valence electrons. The van der Waals surface area contributed by atoms with Gasteiger partial charge in [0.1, 0.15) is 11.6 Å². The zero-order chi connectivity index (χ0) is 13.6. The van der Waals surface area contributed by atoms with Crippen LogP contribution < -0.4 is 5.73 Å². The maximum Gasteiger partial charge on any atom is 0.169 e. The van der Waals surface area contributed by atoms with E-state index in [4.69, 9.17) is 5.73 Å². The molecule has 3 rings (SSSR count). The molecule has 0 saturated carbocycles. The van der Waals surface area contributed by atoms with Gasteiger partial charge in [0.2, 0.25) is 0 Å². The van der Waals surface area contributed by atoms with Crippen LogP contribution in [0.3, 0.4) is 0 Å². The normalized spacial score (nSPS) is 11.1. The summed E-state index contributed by atoms with van der Waals surface area (Å²) in [6.07, 6.45) is 0. The molecule has 0 bridgehead atoms. The molecule has 0 amide bonds. The first kappa shape index (κ1) is 11.5. The lowest BCUT2D eigenvalue weighted by atomic mass is 10.2. The van der Waals surface area contributed by atoms with Crippen LogP contribution in [0.1, 0.15) is 11.5 Å². The number of hydrogen-bond donors (Lipinski definition) is 2. The summed E-state index contributed by atoms with van der Waals surface area (Å²) in [6.45, 7) is 3.82. The predicted octanol–water partition coefficient (Wildman–Crippen LogP) is 1.70. The molecule has 1 aromatic carbocycles. The first-order chi connectivity index (χ1) is 9.06. The fraction of sp³-hybridized carbons (Fsp3) is 0.154. The van der Waals surface area contributed by atoms with Crippen molar-refractivity contribution in [2.24, 2.45) is 0 Å². The second-order valence-electron chi connectivity index (χ2n) is 4.44. The van der Waals surface area contributed by atoms with Crippen LogP contribution in [0.25, 0.3) is 17.0 Å². The third-order valence-electron chi connectivity index (χ3n) is 2.97. The Morgan fingerprint density at radius 2 is 1.95 bits per heavy atom. The van der Waals surface area contributed by atoms with E-state index in [-0.39, 0.29) is 5.75 Å². The summed E-state index contributed by atoms with van der Waals surface area (Å²) >= 11 is 0. The lowest BCUT2D eigenvalue weighted by molar-refractivity contribution is 0.478. The Morgan fingerprint density at radius 3 is 2.68 bits per heavy atom.